The van der Waals surface area contributed by atoms with Gasteiger partial charge in [-0.2, -0.15) is 0 Å². The Balaban J connectivity index is 3.20. The van der Waals surface area contributed by atoms with Gasteiger partial charge in [-0.25, -0.2) is 0 Å². The van der Waals surface area contributed by atoms with Crippen molar-refractivity contribution in [3.63, 3.8) is 0 Å². The Labute approximate surface area is 58.7 Å². The van der Waals surface area contributed by atoms with E-state index in [0.29, 0.717) is 5.41 Å². The number of rotatable bonds is 2. The van der Waals surface area contributed by atoms with Crippen molar-refractivity contribution < 1.29 is 0 Å². The third-order valence-electron chi connectivity index (χ3n) is 1.23. The fraction of sp³-hybridized carbons (Fsp3) is 0.778. The van der Waals surface area contributed by atoms with Crippen LogP contribution in [0.1, 0.15) is 40.0 Å². The van der Waals surface area contributed by atoms with Crippen LogP contribution in [0.4, 0.5) is 0 Å². The van der Waals surface area contributed by atoms with E-state index < -0.39 is 0 Å². The van der Waals surface area contributed by atoms with E-state index in [9.17, 15) is 0 Å². The van der Waals surface area contributed by atoms with Crippen molar-refractivity contribution in [2.24, 2.45) is 5.41 Å². The molecule has 0 radical (unpaired) electrons. The van der Waals surface area contributed by atoms with Crippen LogP contribution in [0.3, 0.4) is 0 Å². The summed E-state index contributed by atoms with van der Waals surface area (Å²) in [6.45, 7) is 6.66. The molecule has 0 heteroatoms. The molecule has 0 unspecified atom stereocenters. The summed E-state index contributed by atoms with van der Waals surface area (Å²) in [5.41, 5.74) is 0.427. The van der Waals surface area contributed by atoms with Gasteiger partial charge >= 0.3 is 57.8 Å². The summed E-state index contributed by atoms with van der Waals surface area (Å²) >= 11 is 0. The first-order chi connectivity index (χ1) is 4.06. The minimum atomic E-state index is 0.427. The third kappa shape index (κ3) is 7.78. The van der Waals surface area contributed by atoms with Gasteiger partial charge in [-0.15, -0.1) is 0 Å². The molecule has 0 atom stereocenters. The average molecular weight is 123 g/mol. The maximum atomic E-state index is 6.66. The predicted octanol–water partition coefficient (Wildman–Crippen LogP) is 2.79. The normalized spacial score (nSPS) is 11.2. The van der Waals surface area contributed by atoms with E-state index in [0.717, 1.165) is 12.8 Å². The van der Waals surface area contributed by atoms with Crippen LogP contribution < -0.4 is 0 Å². The van der Waals surface area contributed by atoms with Gasteiger partial charge in [-0.1, -0.05) is 0 Å². The molecule has 0 amide bonds. The van der Waals surface area contributed by atoms with Crippen molar-refractivity contribution in [3.05, 3.63) is 6.42 Å². The molecule has 0 aromatic rings. The molecule has 0 heterocycles. The van der Waals surface area contributed by atoms with Gasteiger partial charge < -0.3 is 0 Å². The summed E-state index contributed by atoms with van der Waals surface area (Å²) in [7, 11) is 0. The first-order valence-corrected chi connectivity index (χ1v) is 3.46. The van der Waals surface area contributed by atoms with Crippen molar-refractivity contribution in [3.8, 4) is 5.92 Å². The van der Waals surface area contributed by atoms with Gasteiger partial charge in [-0.3, -0.25) is 0 Å². The molecule has 0 N–H and O–H groups in total. The fourth-order valence-corrected chi connectivity index (χ4v) is 0.707. The first kappa shape index (κ1) is 8.78. The van der Waals surface area contributed by atoms with E-state index in [1.165, 1.54) is 6.42 Å². The van der Waals surface area contributed by atoms with Crippen LogP contribution in [-0.2, 0) is 0 Å². The molecule has 50 valence electrons. The topological polar surface area (TPSA) is 0 Å². The Kier molecular flexibility index (Phi) is 3.65. The molecule has 0 saturated carbocycles. The molecule has 0 aliphatic carbocycles. The summed E-state index contributed by atoms with van der Waals surface area (Å²) < 4.78 is 0. The summed E-state index contributed by atoms with van der Waals surface area (Å²) in [6.07, 6.45) is 9.77. The van der Waals surface area contributed by atoms with E-state index >= 15 is 0 Å². The zero-order valence-electron chi connectivity index (χ0n) is 6.62. The summed E-state index contributed by atoms with van der Waals surface area (Å²) in [5.74, 6) is 2.39. The Morgan fingerprint density at radius 1 is 1.33 bits per heavy atom. The zero-order chi connectivity index (χ0) is 7.33. The van der Waals surface area contributed by atoms with E-state index in [1.807, 2.05) is 0 Å². The Hall–Kier alpha value is -0.220. The van der Waals surface area contributed by atoms with Crippen molar-refractivity contribution in [1.29, 1.82) is 0 Å². The predicted molar refractivity (Wildman–Crippen MR) is 40.4 cm³/mol. The monoisotopic (exact) mass is 123 g/mol. The second-order valence-electron chi connectivity index (χ2n) is 3.59. The third-order valence-corrected chi connectivity index (χ3v) is 1.23. The van der Waals surface area contributed by atoms with E-state index in [1.54, 1.807) is 0 Å². The van der Waals surface area contributed by atoms with Crippen LogP contribution in [-0.4, -0.2) is 0 Å². The minimum absolute atomic E-state index is 0.427. The van der Waals surface area contributed by atoms with Crippen LogP contribution in [0.5, 0.6) is 0 Å². The summed E-state index contributed by atoms with van der Waals surface area (Å²) in [5, 5.41) is 0. The van der Waals surface area contributed by atoms with Crippen molar-refractivity contribution in [2.75, 3.05) is 0 Å². The number of unbranched alkanes of at least 4 members (excludes halogenated alkanes) is 1. The van der Waals surface area contributed by atoms with Crippen LogP contribution in [0.25, 0.3) is 0 Å². The second kappa shape index (κ2) is 3.74. The molecule has 0 bridgehead atoms. The summed E-state index contributed by atoms with van der Waals surface area (Å²) in [6, 6.07) is 0. The molecule has 0 nitrogen and oxygen atoms in total. The molecule has 0 saturated heterocycles. The van der Waals surface area contributed by atoms with Gasteiger partial charge in [0.25, 0.3) is 0 Å². The number of hydrogen-bond acceptors (Lipinski definition) is 0. The SMILES string of the molecule is [C+]#CCCCC(C)(C)C. The fourth-order valence-electron chi connectivity index (χ4n) is 0.707. The van der Waals surface area contributed by atoms with Crippen molar-refractivity contribution in [2.45, 2.75) is 40.0 Å². The van der Waals surface area contributed by atoms with Gasteiger partial charge in [0.2, 0.25) is 0 Å². The van der Waals surface area contributed by atoms with Gasteiger partial charge in [0.15, 0.2) is 0 Å². The van der Waals surface area contributed by atoms with Gasteiger partial charge in [-0.05, 0) is 0 Å². The quantitative estimate of drug-likeness (QED) is 0.301. The molecule has 0 rings (SSSR count). The molecule has 0 aromatic heterocycles. The molecule has 9 heavy (non-hydrogen) atoms. The standard InChI is InChI=1S/C9H15/c1-5-6-7-8-9(2,3)4/h6-8H2,2-4H3/q+1. The van der Waals surface area contributed by atoms with Crippen LogP contribution >= 0.6 is 0 Å². The Morgan fingerprint density at radius 2 is 1.89 bits per heavy atom. The summed E-state index contributed by atoms with van der Waals surface area (Å²) in [4.78, 5) is 0. The first-order valence-electron chi connectivity index (χ1n) is 3.46. The molecule has 0 aromatic carbocycles. The second-order valence-corrected chi connectivity index (χ2v) is 3.59. The van der Waals surface area contributed by atoms with Crippen molar-refractivity contribution >= 4 is 0 Å². The van der Waals surface area contributed by atoms with E-state index in [2.05, 4.69) is 26.7 Å². The molecular weight excluding hydrogens is 108 g/mol. The molecular formula is C9H15+. The molecule has 0 spiro atoms. The molecule has 0 aliphatic heterocycles. The van der Waals surface area contributed by atoms with Gasteiger partial charge in [0.05, 0.1) is 0 Å². The van der Waals surface area contributed by atoms with Crippen molar-refractivity contribution in [1.82, 2.24) is 0 Å². The molecule has 0 fully saturated rings. The molecule has 0 aliphatic rings. The van der Waals surface area contributed by atoms with Gasteiger partial charge in [0, 0.05) is 0 Å². The van der Waals surface area contributed by atoms with Crippen LogP contribution in [0.15, 0.2) is 0 Å². The Bertz CT molecular complexity index is 98.2. The van der Waals surface area contributed by atoms with E-state index in [4.69, 9.17) is 6.42 Å². The van der Waals surface area contributed by atoms with Crippen LogP contribution in [0.2, 0.25) is 0 Å². The number of hydrogen-bond donors (Lipinski definition) is 0. The Morgan fingerprint density at radius 3 is 2.22 bits per heavy atom. The average Bonchev–Trinajstić information content (AvgIpc) is 1.63. The maximum absolute atomic E-state index is 6.66. The van der Waals surface area contributed by atoms with Gasteiger partial charge in [0.1, 0.15) is 0 Å². The zero-order valence-corrected chi connectivity index (χ0v) is 6.62. The van der Waals surface area contributed by atoms with E-state index in [-0.39, 0.29) is 0 Å². The van der Waals surface area contributed by atoms with Crippen LogP contribution in [0, 0.1) is 17.8 Å².